The minimum Gasteiger partial charge on any atom is -0.361 e. The Hall–Kier alpha value is -1.10. The van der Waals surface area contributed by atoms with Crippen molar-refractivity contribution in [2.24, 2.45) is 7.05 Å². The molecule has 0 aliphatic rings. The molecule has 0 saturated carbocycles. The minimum atomic E-state index is 0.361. The number of aromatic nitrogens is 2. The van der Waals surface area contributed by atoms with Crippen LogP contribution in [-0.2, 0) is 13.6 Å². The number of thiocarbonyl (C=S) groups is 1. The molecule has 0 aliphatic heterocycles. The first-order chi connectivity index (χ1) is 6.99. The summed E-state index contributed by atoms with van der Waals surface area (Å²) in [7, 11) is 1.92. The second-order valence-corrected chi connectivity index (χ2v) is 4.30. The van der Waals surface area contributed by atoms with Crippen molar-refractivity contribution in [1.82, 2.24) is 20.4 Å². The van der Waals surface area contributed by atoms with Gasteiger partial charge >= 0.3 is 0 Å². The average molecular weight is 226 g/mol. The standard InChI is InChI=1S/C10H18N4S/c1-7(2)12-10(15)11-5-9-6-14(4)13-8(9)3/h6-7H,5H2,1-4H3,(H2,11,12,15). The van der Waals surface area contributed by atoms with Crippen LogP contribution >= 0.6 is 12.2 Å². The Morgan fingerprint density at radius 1 is 1.60 bits per heavy atom. The zero-order valence-electron chi connectivity index (χ0n) is 9.66. The van der Waals surface area contributed by atoms with Gasteiger partial charge in [-0.1, -0.05) is 0 Å². The van der Waals surface area contributed by atoms with Gasteiger partial charge in [-0.2, -0.15) is 5.10 Å². The largest absolute Gasteiger partial charge is 0.361 e. The third kappa shape index (κ3) is 3.87. The molecule has 1 heterocycles. The Labute approximate surface area is 96.1 Å². The molecule has 0 unspecified atom stereocenters. The summed E-state index contributed by atoms with van der Waals surface area (Å²) in [5.74, 6) is 0. The van der Waals surface area contributed by atoms with Crippen molar-refractivity contribution in [2.75, 3.05) is 0 Å². The van der Waals surface area contributed by atoms with E-state index in [1.807, 2.05) is 24.9 Å². The summed E-state index contributed by atoms with van der Waals surface area (Å²) >= 11 is 5.13. The molecule has 0 spiro atoms. The van der Waals surface area contributed by atoms with Crippen LogP contribution < -0.4 is 10.6 Å². The van der Waals surface area contributed by atoms with Crippen molar-refractivity contribution >= 4 is 17.3 Å². The number of hydrogen-bond acceptors (Lipinski definition) is 2. The fourth-order valence-corrected chi connectivity index (χ4v) is 1.62. The van der Waals surface area contributed by atoms with Crippen LogP contribution in [0.25, 0.3) is 0 Å². The van der Waals surface area contributed by atoms with Crippen molar-refractivity contribution < 1.29 is 0 Å². The summed E-state index contributed by atoms with van der Waals surface area (Å²) < 4.78 is 1.81. The third-order valence-corrected chi connectivity index (χ3v) is 2.24. The van der Waals surface area contributed by atoms with Gasteiger partial charge < -0.3 is 10.6 Å². The average Bonchev–Trinajstić information content (AvgIpc) is 2.40. The molecule has 0 radical (unpaired) electrons. The SMILES string of the molecule is Cc1nn(C)cc1CNC(=S)NC(C)C. The van der Waals surface area contributed by atoms with Crippen LogP contribution in [0.15, 0.2) is 6.20 Å². The summed E-state index contributed by atoms with van der Waals surface area (Å²) in [6.07, 6.45) is 2.00. The highest BCUT2D eigenvalue weighted by Gasteiger charge is 2.03. The second kappa shape index (κ2) is 5.11. The number of rotatable bonds is 3. The Kier molecular flexibility index (Phi) is 4.08. The van der Waals surface area contributed by atoms with Crippen LogP contribution in [0.1, 0.15) is 25.1 Å². The lowest BCUT2D eigenvalue weighted by Crippen LogP contribution is -2.38. The van der Waals surface area contributed by atoms with Crippen LogP contribution in [0.2, 0.25) is 0 Å². The molecule has 4 nitrogen and oxygen atoms in total. The first kappa shape index (κ1) is 12.0. The maximum atomic E-state index is 5.13. The number of hydrogen-bond donors (Lipinski definition) is 2. The van der Waals surface area contributed by atoms with Crippen LogP contribution in [-0.4, -0.2) is 20.9 Å². The van der Waals surface area contributed by atoms with Crippen LogP contribution in [0, 0.1) is 6.92 Å². The van der Waals surface area contributed by atoms with E-state index >= 15 is 0 Å². The van der Waals surface area contributed by atoms with Gasteiger partial charge in [0.2, 0.25) is 0 Å². The molecule has 2 N–H and O–H groups in total. The summed E-state index contributed by atoms with van der Waals surface area (Å²) in [4.78, 5) is 0. The van der Waals surface area contributed by atoms with E-state index in [1.54, 1.807) is 0 Å². The smallest absolute Gasteiger partial charge is 0.166 e. The van der Waals surface area contributed by atoms with Crippen LogP contribution in [0.4, 0.5) is 0 Å². The molecule has 15 heavy (non-hydrogen) atoms. The maximum absolute atomic E-state index is 5.13. The zero-order chi connectivity index (χ0) is 11.4. The van der Waals surface area contributed by atoms with Gasteiger partial charge in [0.05, 0.1) is 5.69 Å². The summed E-state index contributed by atoms with van der Waals surface area (Å²) in [5.41, 5.74) is 2.21. The molecule has 0 aliphatic carbocycles. The fraction of sp³-hybridized carbons (Fsp3) is 0.600. The van der Waals surface area contributed by atoms with E-state index in [1.165, 1.54) is 5.56 Å². The fourth-order valence-electron chi connectivity index (χ4n) is 1.31. The van der Waals surface area contributed by atoms with E-state index in [-0.39, 0.29) is 0 Å². The van der Waals surface area contributed by atoms with Gasteiger partial charge in [0, 0.05) is 31.4 Å². The van der Waals surface area contributed by atoms with Crippen LogP contribution in [0.3, 0.4) is 0 Å². The minimum absolute atomic E-state index is 0.361. The summed E-state index contributed by atoms with van der Waals surface area (Å²) in [5, 5.41) is 11.2. The molecular weight excluding hydrogens is 208 g/mol. The monoisotopic (exact) mass is 226 g/mol. The number of nitrogens with zero attached hydrogens (tertiary/aromatic N) is 2. The molecule has 0 aromatic carbocycles. The highest BCUT2D eigenvalue weighted by atomic mass is 32.1. The summed E-state index contributed by atoms with van der Waals surface area (Å²) in [6, 6.07) is 0.361. The highest BCUT2D eigenvalue weighted by molar-refractivity contribution is 7.80. The van der Waals surface area contributed by atoms with E-state index in [9.17, 15) is 0 Å². The Bertz CT molecular complexity index is 343. The lowest BCUT2D eigenvalue weighted by molar-refractivity contribution is 0.712. The normalized spacial score (nSPS) is 10.5. The number of nitrogens with one attached hydrogen (secondary N) is 2. The second-order valence-electron chi connectivity index (χ2n) is 3.90. The topological polar surface area (TPSA) is 41.9 Å². The molecule has 0 atom stereocenters. The van der Waals surface area contributed by atoms with Crippen molar-refractivity contribution in [3.8, 4) is 0 Å². The maximum Gasteiger partial charge on any atom is 0.166 e. The zero-order valence-corrected chi connectivity index (χ0v) is 10.5. The van der Waals surface area contributed by atoms with Gasteiger partial charge in [0.1, 0.15) is 0 Å². The van der Waals surface area contributed by atoms with Crippen LogP contribution in [0.5, 0.6) is 0 Å². The Morgan fingerprint density at radius 3 is 2.73 bits per heavy atom. The number of aryl methyl sites for hydroxylation is 2. The molecule has 0 amide bonds. The molecule has 1 aromatic heterocycles. The first-order valence-corrected chi connectivity index (χ1v) is 5.43. The van der Waals surface area contributed by atoms with E-state index in [0.717, 1.165) is 12.2 Å². The quantitative estimate of drug-likeness (QED) is 0.757. The van der Waals surface area contributed by atoms with Gasteiger partial charge in [-0.3, -0.25) is 4.68 Å². The molecular formula is C10H18N4S. The van der Waals surface area contributed by atoms with Gasteiger partial charge in [0.25, 0.3) is 0 Å². The highest BCUT2D eigenvalue weighted by Crippen LogP contribution is 2.03. The van der Waals surface area contributed by atoms with Crippen molar-refractivity contribution in [3.63, 3.8) is 0 Å². The van der Waals surface area contributed by atoms with Gasteiger partial charge in [-0.25, -0.2) is 0 Å². The molecule has 0 bridgehead atoms. The van der Waals surface area contributed by atoms with E-state index in [4.69, 9.17) is 12.2 Å². The molecule has 1 rings (SSSR count). The van der Waals surface area contributed by atoms with E-state index in [0.29, 0.717) is 11.2 Å². The predicted octanol–water partition coefficient (Wildman–Crippen LogP) is 1.10. The van der Waals surface area contributed by atoms with E-state index in [2.05, 4.69) is 29.6 Å². The van der Waals surface area contributed by atoms with E-state index < -0.39 is 0 Å². The van der Waals surface area contributed by atoms with Crippen molar-refractivity contribution in [3.05, 3.63) is 17.5 Å². The molecule has 5 heteroatoms. The first-order valence-electron chi connectivity index (χ1n) is 5.02. The molecule has 84 valence electrons. The molecule has 0 saturated heterocycles. The van der Waals surface area contributed by atoms with Gasteiger partial charge in [0.15, 0.2) is 5.11 Å². The van der Waals surface area contributed by atoms with Crippen molar-refractivity contribution in [2.45, 2.75) is 33.4 Å². The molecule has 0 fully saturated rings. The summed E-state index contributed by atoms with van der Waals surface area (Å²) in [6.45, 7) is 6.83. The predicted molar refractivity (Wildman–Crippen MR) is 65.7 cm³/mol. The Morgan fingerprint density at radius 2 is 2.27 bits per heavy atom. The Balaban J connectivity index is 2.43. The third-order valence-electron chi connectivity index (χ3n) is 1.97. The lowest BCUT2D eigenvalue weighted by atomic mass is 10.3. The van der Waals surface area contributed by atoms with Gasteiger partial charge in [-0.05, 0) is 33.0 Å². The molecule has 1 aromatic rings. The van der Waals surface area contributed by atoms with Crippen molar-refractivity contribution in [1.29, 1.82) is 0 Å². The lowest BCUT2D eigenvalue weighted by Gasteiger charge is -2.12. The van der Waals surface area contributed by atoms with Gasteiger partial charge in [-0.15, -0.1) is 0 Å².